The van der Waals surface area contributed by atoms with Crippen molar-refractivity contribution in [2.24, 2.45) is 0 Å². The van der Waals surface area contributed by atoms with Gasteiger partial charge in [0.15, 0.2) is 0 Å². The molecule has 5 nitrogen and oxygen atoms in total. The number of piperazine rings is 1. The lowest BCUT2D eigenvalue weighted by Crippen LogP contribution is -2.73. The Morgan fingerprint density at radius 3 is 2.23 bits per heavy atom. The van der Waals surface area contributed by atoms with Crippen LogP contribution in [0.3, 0.4) is 0 Å². The molecule has 2 aliphatic heterocycles. The molecule has 2 heterocycles. The van der Waals surface area contributed by atoms with E-state index < -0.39 is 40.7 Å². The minimum atomic E-state index is -4.95. The van der Waals surface area contributed by atoms with Crippen molar-refractivity contribution in [1.82, 2.24) is 10.2 Å². The van der Waals surface area contributed by atoms with Gasteiger partial charge in [-0.25, -0.2) is 0 Å². The first-order valence-corrected chi connectivity index (χ1v) is 13.4. The van der Waals surface area contributed by atoms with Crippen molar-refractivity contribution in [2.75, 3.05) is 32.9 Å². The molecule has 2 aromatic carbocycles. The molecule has 1 unspecified atom stereocenters. The van der Waals surface area contributed by atoms with Gasteiger partial charge in [-0.05, 0) is 55.5 Å². The van der Waals surface area contributed by atoms with Crippen LogP contribution in [-0.2, 0) is 32.2 Å². The molecule has 220 valence electrons. The van der Waals surface area contributed by atoms with Gasteiger partial charge in [0, 0.05) is 13.2 Å². The van der Waals surface area contributed by atoms with Crippen LogP contribution in [0.2, 0.25) is 0 Å². The monoisotopic (exact) mass is 572 g/mol. The number of benzene rings is 2. The third-order valence-corrected chi connectivity index (χ3v) is 7.84. The lowest BCUT2D eigenvalue weighted by Gasteiger charge is -2.57. The maximum Gasteiger partial charge on any atom is 0.416 e. The van der Waals surface area contributed by atoms with Crippen LogP contribution in [-0.4, -0.2) is 49.3 Å². The van der Waals surface area contributed by atoms with Gasteiger partial charge in [0.1, 0.15) is 0 Å². The predicted octanol–water partition coefficient (Wildman–Crippen LogP) is 6.48. The first-order chi connectivity index (χ1) is 18.8. The van der Waals surface area contributed by atoms with Gasteiger partial charge in [-0.15, -0.1) is 0 Å². The zero-order valence-corrected chi connectivity index (χ0v) is 22.5. The van der Waals surface area contributed by atoms with E-state index in [1.807, 2.05) is 35.2 Å². The third kappa shape index (κ3) is 6.63. The van der Waals surface area contributed by atoms with E-state index >= 15 is 0 Å². The van der Waals surface area contributed by atoms with Crippen LogP contribution in [0.15, 0.2) is 48.5 Å². The Kier molecular flexibility index (Phi) is 8.87. The number of piperidine rings is 1. The number of alkyl halides is 6. The normalized spacial score (nSPS) is 25.9. The highest BCUT2D eigenvalue weighted by molar-refractivity contribution is 5.80. The molecule has 2 saturated heterocycles. The molecule has 2 aromatic rings. The molecule has 2 fully saturated rings. The SMILES string of the molecule is CCCCOC[C@@]12CC[C@@](CO[C@H](C)c3cc(C(F)(F)F)cc(C(F)(F)F)c3)(c3ccccc3)N(CC(=O)N1)C2. The van der Waals surface area contributed by atoms with E-state index in [1.54, 1.807) is 0 Å². The van der Waals surface area contributed by atoms with Crippen LogP contribution in [0.5, 0.6) is 0 Å². The molecule has 0 radical (unpaired) electrons. The number of ether oxygens (including phenoxy) is 2. The highest BCUT2D eigenvalue weighted by Gasteiger charge is 2.53. The number of carbonyl (C=O) groups is 1. The predicted molar refractivity (Wildman–Crippen MR) is 136 cm³/mol. The molecule has 2 aliphatic rings. The molecule has 2 bridgehead atoms. The number of halogens is 6. The van der Waals surface area contributed by atoms with Crippen molar-refractivity contribution in [2.45, 2.75) is 69.1 Å². The van der Waals surface area contributed by atoms with Crippen molar-refractivity contribution in [3.8, 4) is 0 Å². The van der Waals surface area contributed by atoms with Crippen LogP contribution in [0.25, 0.3) is 0 Å². The molecule has 1 amide bonds. The highest BCUT2D eigenvalue weighted by Crippen LogP contribution is 2.44. The van der Waals surface area contributed by atoms with E-state index in [0.29, 0.717) is 44.7 Å². The van der Waals surface area contributed by atoms with Gasteiger partial charge in [-0.3, -0.25) is 9.69 Å². The molecule has 0 aliphatic carbocycles. The molecule has 0 aromatic heterocycles. The van der Waals surface area contributed by atoms with Crippen LogP contribution < -0.4 is 5.32 Å². The number of unbranched alkanes of at least 4 members (excludes halogenated alkanes) is 1. The summed E-state index contributed by atoms with van der Waals surface area (Å²) in [6.07, 6.45) is -7.99. The van der Waals surface area contributed by atoms with E-state index in [1.165, 1.54) is 6.92 Å². The average molecular weight is 573 g/mol. The first kappa shape index (κ1) is 30.3. The standard InChI is InChI=1S/C29H34F6N2O3/c1-3-4-12-39-18-26-10-11-27(22-8-6-5-7-9-22,37(17-26)16-25(38)36-26)19-40-20(2)21-13-23(28(30,31)32)15-24(14-21)29(33,34)35/h5-9,13-15,20H,3-4,10-12,16-19H2,1-2H3,(H,36,38)/t20-,26+,27-/m1/s1. The van der Waals surface area contributed by atoms with E-state index in [4.69, 9.17) is 9.47 Å². The van der Waals surface area contributed by atoms with Crippen LogP contribution in [0, 0.1) is 0 Å². The summed E-state index contributed by atoms with van der Waals surface area (Å²) < 4.78 is 92.6. The van der Waals surface area contributed by atoms with Gasteiger partial charge >= 0.3 is 12.4 Å². The highest BCUT2D eigenvalue weighted by atomic mass is 19.4. The number of nitrogens with zero attached hydrogens (tertiary/aromatic N) is 1. The summed E-state index contributed by atoms with van der Waals surface area (Å²) in [6.45, 7) is 4.94. The van der Waals surface area contributed by atoms with Crippen LogP contribution in [0.1, 0.15) is 67.9 Å². The second kappa shape index (κ2) is 11.7. The van der Waals surface area contributed by atoms with Crippen LogP contribution >= 0.6 is 0 Å². The molecular weight excluding hydrogens is 538 g/mol. The molecule has 1 N–H and O–H groups in total. The second-order valence-corrected chi connectivity index (χ2v) is 10.8. The Morgan fingerprint density at radius 2 is 1.62 bits per heavy atom. The smallest absolute Gasteiger partial charge is 0.379 e. The lowest BCUT2D eigenvalue weighted by molar-refractivity contribution is -0.148. The molecule has 0 spiro atoms. The third-order valence-electron chi connectivity index (χ3n) is 7.84. The molecule has 11 heteroatoms. The maximum absolute atomic E-state index is 13.4. The summed E-state index contributed by atoms with van der Waals surface area (Å²) in [6, 6.07) is 10.9. The van der Waals surface area contributed by atoms with Gasteiger partial charge in [-0.2, -0.15) is 26.3 Å². The van der Waals surface area contributed by atoms with Gasteiger partial charge in [-0.1, -0.05) is 43.7 Å². The fraction of sp³-hybridized carbons (Fsp3) is 0.552. The van der Waals surface area contributed by atoms with Crippen LogP contribution in [0.4, 0.5) is 26.3 Å². The second-order valence-electron chi connectivity index (χ2n) is 10.8. The molecule has 4 rings (SSSR count). The Hall–Kier alpha value is -2.63. The van der Waals surface area contributed by atoms with E-state index in [0.717, 1.165) is 18.4 Å². The number of fused-ring (bicyclic) bond motifs is 2. The largest absolute Gasteiger partial charge is 0.416 e. The Morgan fingerprint density at radius 1 is 0.975 bits per heavy atom. The summed E-state index contributed by atoms with van der Waals surface area (Å²) >= 11 is 0. The van der Waals surface area contributed by atoms with Crippen molar-refractivity contribution in [1.29, 1.82) is 0 Å². The number of hydrogen-bond donors (Lipinski definition) is 1. The van der Waals surface area contributed by atoms with E-state index in [9.17, 15) is 31.1 Å². The van der Waals surface area contributed by atoms with Gasteiger partial charge in [0.25, 0.3) is 0 Å². The topological polar surface area (TPSA) is 50.8 Å². The summed E-state index contributed by atoms with van der Waals surface area (Å²) in [5.41, 5.74) is -3.54. The Bertz CT molecular complexity index is 1140. The fourth-order valence-electron chi connectivity index (χ4n) is 5.58. The van der Waals surface area contributed by atoms with Crippen molar-refractivity contribution < 1.29 is 40.6 Å². The van der Waals surface area contributed by atoms with E-state index in [-0.39, 0.29) is 30.7 Å². The summed E-state index contributed by atoms with van der Waals surface area (Å²) in [5, 5.41) is 3.10. The first-order valence-electron chi connectivity index (χ1n) is 13.4. The maximum atomic E-state index is 13.4. The quantitative estimate of drug-likeness (QED) is 0.262. The van der Waals surface area contributed by atoms with Gasteiger partial charge in [0.05, 0.1) is 48.1 Å². The van der Waals surface area contributed by atoms with Gasteiger partial charge < -0.3 is 14.8 Å². The summed E-state index contributed by atoms with van der Waals surface area (Å²) in [7, 11) is 0. The van der Waals surface area contributed by atoms with Crippen molar-refractivity contribution >= 4 is 5.91 Å². The number of carbonyl (C=O) groups excluding carboxylic acids is 1. The number of amides is 1. The molecule has 0 saturated carbocycles. The lowest BCUT2D eigenvalue weighted by atomic mass is 9.73. The van der Waals surface area contributed by atoms with Crippen molar-refractivity contribution in [3.05, 3.63) is 70.8 Å². The number of nitrogens with one attached hydrogen (secondary N) is 1. The Labute approximate surface area is 229 Å². The molecule has 4 atom stereocenters. The van der Waals surface area contributed by atoms with E-state index in [2.05, 4.69) is 12.2 Å². The summed E-state index contributed by atoms with van der Waals surface area (Å²) in [4.78, 5) is 14.9. The summed E-state index contributed by atoms with van der Waals surface area (Å²) in [5.74, 6) is -0.175. The Balaban J connectivity index is 1.62. The zero-order valence-electron chi connectivity index (χ0n) is 22.5. The zero-order chi connectivity index (χ0) is 29.2. The average Bonchev–Trinajstić information content (AvgIpc) is 2.90. The fourth-order valence-corrected chi connectivity index (χ4v) is 5.58. The van der Waals surface area contributed by atoms with Crippen molar-refractivity contribution in [3.63, 3.8) is 0 Å². The number of hydrogen-bond acceptors (Lipinski definition) is 4. The molecular formula is C29H34F6N2O3. The molecule has 40 heavy (non-hydrogen) atoms. The van der Waals surface area contributed by atoms with Gasteiger partial charge in [0.2, 0.25) is 5.91 Å². The minimum absolute atomic E-state index is 0.0319. The number of rotatable bonds is 10. The minimum Gasteiger partial charge on any atom is -0.379 e.